The van der Waals surface area contributed by atoms with Gasteiger partial charge in [0.05, 0.1) is 29.0 Å². The van der Waals surface area contributed by atoms with Gasteiger partial charge in [-0.25, -0.2) is 9.07 Å². The van der Waals surface area contributed by atoms with Crippen molar-refractivity contribution in [2.75, 3.05) is 17.7 Å². The quantitative estimate of drug-likeness (QED) is 0.671. The maximum atomic E-state index is 13.4. The topological polar surface area (TPSA) is 76.4 Å². The monoisotopic (exact) mass is 413 g/mol. The summed E-state index contributed by atoms with van der Waals surface area (Å²) < 4.78 is 20.5. The molecule has 0 saturated carbocycles. The van der Waals surface area contributed by atoms with Gasteiger partial charge in [0, 0.05) is 5.56 Å². The summed E-state index contributed by atoms with van der Waals surface area (Å²) in [6.07, 6.45) is 0. The van der Waals surface area contributed by atoms with Gasteiger partial charge in [0.2, 0.25) is 5.91 Å². The fourth-order valence-electron chi connectivity index (χ4n) is 3.38. The molecule has 1 atom stereocenters. The van der Waals surface area contributed by atoms with Gasteiger partial charge in [0.15, 0.2) is 11.5 Å². The second kappa shape index (κ2) is 7.79. The van der Waals surface area contributed by atoms with E-state index >= 15 is 0 Å². The van der Waals surface area contributed by atoms with Crippen LogP contribution in [0.4, 0.5) is 10.2 Å². The molecule has 1 aliphatic rings. The lowest BCUT2D eigenvalue weighted by atomic mass is 10.0. The molecule has 4 rings (SSSR count). The Hall–Kier alpha value is -3.00. The SMILES string of the molecule is CCOc1cc([C@H]2SCC(=O)Nc3c2c(C)nn3-c2ccc(F)cc2)ccc1O. The highest BCUT2D eigenvalue weighted by Gasteiger charge is 2.31. The number of aryl methyl sites for hydroxylation is 1. The van der Waals surface area contributed by atoms with Crippen molar-refractivity contribution in [1.29, 1.82) is 0 Å². The first-order chi connectivity index (χ1) is 14.0. The summed E-state index contributed by atoms with van der Waals surface area (Å²) in [4.78, 5) is 12.4. The molecule has 1 aliphatic heterocycles. The lowest BCUT2D eigenvalue weighted by Crippen LogP contribution is -2.15. The van der Waals surface area contributed by atoms with Crippen molar-refractivity contribution < 1.29 is 19.0 Å². The third-order valence-corrected chi connectivity index (χ3v) is 5.94. The Balaban J connectivity index is 1.85. The zero-order valence-electron chi connectivity index (χ0n) is 16.0. The minimum atomic E-state index is -0.339. The van der Waals surface area contributed by atoms with Crippen LogP contribution in [0.1, 0.15) is 29.0 Å². The number of halogens is 1. The third kappa shape index (κ3) is 3.67. The lowest BCUT2D eigenvalue weighted by Gasteiger charge is -2.17. The second-order valence-electron chi connectivity index (χ2n) is 6.64. The first-order valence-corrected chi connectivity index (χ1v) is 10.3. The van der Waals surface area contributed by atoms with E-state index in [0.717, 1.165) is 16.8 Å². The fourth-order valence-corrected chi connectivity index (χ4v) is 4.56. The summed E-state index contributed by atoms with van der Waals surface area (Å²) in [6, 6.07) is 11.2. The first-order valence-electron chi connectivity index (χ1n) is 9.20. The van der Waals surface area contributed by atoms with Crippen molar-refractivity contribution in [3.8, 4) is 17.2 Å². The summed E-state index contributed by atoms with van der Waals surface area (Å²) in [6.45, 7) is 4.17. The molecule has 0 spiro atoms. The average Bonchev–Trinajstić information content (AvgIpc) is 2.90. The van der Waals surface area contributed by atoms with Crippen LogP contribution < -0.4 is 10.1 Å². The number of anilines is 1. The number of phenols is 1. The predicted octanol–water partition coefficient (Wildman–Crippen LogP) is 4.20. The maximum Gasteiger partial charge on any atom is 0.235 e. The Morgan fingerprint density at radius 3 is 2.79 bits per heavy atom. The molecule has 29 heavy (non-hydrogen) atoms. The number of amides is 1. The van der Waals surface area contributed by atoms with Crippen molar-refractivity contribution in [2.45, 2.75) is 19.1 Å². The van der Waals surface area contributed by atoms with Crippen LogP contribution in [-0.4, -0.2) is 33.2 Å². The molecular weight excluding hydrogens is 393 g/mol. The van der Waals surface area contributed by atoms with Crippen molar-refractivity contribution >= 4 is 23.5 Å². The largest absolute Gasteiger partial charge is 0.504 e. The van der Waals surface area contributed by atoms with Gasteiger partial charge in [-0.1, -0.05) is 6.07 Å². The van der Waals surface area contributed by atoms with Gasteiger partial charge < -0.3 is 15.2 Å². The van der Waals surface area contributed by atoms with Crippen LogP contribution in [0.15, 0.2) is 42.5 Å². The van der Waals surface area contributed by atoms with Crippen molar-refractivity contribution in [1.82, 2.24) is 9.78 Å². The highest BCUT2D eigenvalue weighted by Crippen LogP contribution is 2.45. The number of hydrogen-bond acceptors (Lipinski definition) is 5. The van der Waals surface area contributed by atoms with Crippen LogP contribution in [0.5, 0.6) is 11.5 Å². The minimum Gasteiger partial charge on any atom is -0.504 e. The zero-order chi connectivity index (χ0) is 20.5. The van der Waals surface area contributed by atoms with Crippen molar-refractivity contribution in [2.24, 2.45) is 0 Å². The number of ether oxygens (including phenoxy) is 1. The maximum absolute atomic E-state index is 13.4. The number of nitrogens with one attached hydrogen (secondary N) is 1. The van der Waals surface area contributed by atoms with Crippen molar-refractivity contribution in [3.63, 3.8) is 0 Å². The molecule has 2 heterocycles. The van der Waals surface area contributed by atoms with E-state index in [1.165, 1.54) is 23.9 Å². The molecule has 0 radical (unpaired) electrons. The number of carbonyl (C=O) groups is 1. The van der Waals surface area contributed by atoms with Crippen LogP contribution in [0, 0.1) is 12.7 Å². The smallest absolute Gasteiger partial charge is 0.235 e. The molecular formula is C21H20FN3O3S. The van der Waals surface area contributed by atoms with E-state index in [2.05, 4.69) is 10.4 Å². The molecule has 0 aliphatic carbocycles. The molecule has 6 nitrogen and oxygen atoms in total. The molecule has 2 aromatic carbocycles. The van der Waals surface area contributed by atoms with Gasteiger partial charge in [0.1, 0.15) is 11.6 Å². The van der Waals surface area contributed by atoms with E-state index in [9.17, 15) is 14.3 Å². The highest BCUT2D eigenvalue weighted by atomic mass is 32.2. The molecule has 0 saturated heterocycles. The molecule has 0 bridgehead atoms. The Bertz CT molecular complexity index is 1070. The van der Waals surface area contributed by atoms with Gasteiger partial charge in [-0.2, -0.15) is 5.10 Å². The van der Waals surface area contributed by atoms with E-state index < -0.39 is 0 Å². The number of nitrogens with zero attached hydrogens (tertiary/aromatic N) is 2. The van der Waals surface area contributed by atoms with Crippen LogP contribution >= 0.6 is 11.8 Å². The summed E-state index contributed by atoms with van der Waals surface area (Å²) in [7, 11) is 0. The van der Waals surface area contributed by atoms with Gasteiger partial charge in [-0.05, 0) is 55.8 Å². The van der Waals surface area contributed by atoms with Crippen LogP contribution in [-0.2, 0) is 4.79 Å². The number of hydrogen-bond donors (Lipinski definition) is 2. The molecule has 3 aromatic rings. The number of carbonyl (C=O) groups excluding carboxylic acids is 1. The van der Waals surface area contributed by atoms with E-state index in [0.29, 0.717) is 23.9 Å². The summed E-state index contributed by atoms with van der Waals surface area (Å²) in [5, 5.41) is 17.4. The van der Waals surface area contributed by atoms with E-state index in [1.54, 1.807) is 28.9 Å². The van der Waals surface area contributed by atoms with Crippen LogP contribution in [0.3, 0.4) is 0 Å². The van der Waals surface area contributed by atoms with E-state index in [1.807, 2.05) is 19.9 Å². The summed E-state index contributed by atoms with van der Waals surface area (Å²) in [5.41, 5.74) is 3.19. The molecule has 2 N–H and O–H groups in total. The molecule has 1 amide bonds. The number of fused-ring (bicyclic) bond motifs is 1. The summed E-state index contributed by atoms with van der Waals surface area (Å²) >= 11 is 1.48. The Labute approximate surface area is 171 Å². The minimum absolute atomic E-state index is 0.0716. The predicted molar refractivity (Wildman–Crippen MR) is 110 cm³/mol. The van der Waals surface area contributed by atoms with Crippen LogP contribution in [0.2, 0.25) is 0 Å². The van der Waals surface area contributed by atoms with E-state index in [-0.39, 0.29) is 28.5 Å². The van der Waals surface area contributed by atoms with Gasteiger partial charge >= 0.3 is 0 Å². The third-order valence-electron chi connectivity index (χ3n) is 4.67. The fraction of sp³-hybridized carbons (Fsp3) is 0.238. The number of rotatable bonds is 4. The number of thioether (sulfide) groups is 1. The number of phenolic OH excluding ortho intramolecular Hbond substituents is 1. The standard InChI is InChI=1S/C21H20FN3O3S/c1-3-28-17-10-13(4-9-16(17)26)20-19-12(2)24-25(15-7-5-14(22)6-8-15)21(19)23-18(27)11-29-20/h4-10,20,26H,3,11H2,1-2H3,(H,23,27)/t20-/m1/s1. The van der Waals surface area contributed by atoms with Gasteiger partial charge in [-0.15, -0.1) is 11.8 Å². The molecule has 1 aromatic heterocycles. The highest BCUT2D eigenvalue weighted by molar-refractivity contribution is 8.00. The van der Waals surface area contributed by atoms with Gasteiger partial charge in [0.25, 0.3) is 0 Å². The Morgan fingerprint density at radius 1 is 1.31 bits per heavy atom. The van der Waals surface area contributed by atoms with E-state index in [4.69, 9.17) is 4.74 Å². The zero-order valence-corrected chi connectivity index (χ0v) is 16.8. The lowest BCUT2D eigenvalue weighted by molar-refractivity contribution is -0.113. The Kier molecular flexibility index (Phi) is 5.19. The Morgan fingerprint density at radius 2 is 2.07 bits per heavy atom. The molecule has 0 fully saturated rings. The van der Waals surface area contributed by atoms with Crippen LogP contribution in [0.25, 0.3) is 5.69 Å². The number of aromatic hydroxyl groups is 1. The number of aromatic nitrogens is 2. The molecule has 0 unspecified atom stereocenters. The number of benzene rings is 2. The van der Waals surface area contributed by atoms with Gasteiger partial charge in [-0.3, -0.25) is 4.79 Å². The first kappa shape index (κ1) is 19.3. The average molecular weight is 413 g/mol. The van der Waals surface area contributed by atoms with Crippen molar-refractivity contribution in [3.05, 3.63) is 65.1 Å². The summed E-state index contributed by atoms with van der Waals surface area (Å²) in [5.74, 6) is 0.842. The normalized spacial score (nSPS) is 16.1. The second-order valence-corrected chi connectivity index (χ2v) is 7.73. The molecule has 8 heteroatoms. The molecule has 150 valence electrons.